The minimum atomic E-state index is -3.65. The Morgan fingerprint density at radius 3 is 2.26 bits per heavy atom. The van der Waals surface area contributed by atoms with Gasteiger partial charge in [0.05, 0.1) is 18.4 Å². The zero-order chi connectivity index (χ0) is 21.8. The number of methoxy groups -OCH3 is 1. The van der Waals surface area contributed by atoms with Crippen LogP contribution in [0.5, 0.6) is 5.75 Å². The summed E-state index contributed by atoms with van der Waals surface area (Å²) in [5.74, 6) is 1.72. The third kappa shape index (κ3) is 4.92. The molecule has 0 bridgehead atoms. The molecule has 1 aromatic heterocycles. The van der Waals surface area contributed by atoms with E-state index in [1.165, 1.54) is 0 Å². The summed E-state index contributed by atoms with van der Waals surface area (Å²) in [7, 11) is -2.03. The fraction of sp³-hybridized carbons (Fsp3) is 0.130. The van der Waals surface area contributed by atoms with Crippen molar-refractivity contribution in [1.82, 2.24) is 10.1 Å². The normalized spacial score (nSPS) is 11.3. The van der Waals surface area contributed by atoms with Gasteiger partial charge in [0, 0.05) is 11.3 Å². The molecule has 0 saturated carbocycles. The number of aromatic nitrogens is 2. The van der Waals surface area contributed by atoms with E-state index in [0.717, 1.165) is 22.4 Å². The van der Waals surface area contributed by atoms with Crippen LogP contribution in [0.3, 0.4) is 0 Å². The van der Waals surface area contributed by atoms with E-state index in [-0.39, 0.29) is 4.90 Å². The molecule has 0 aliphatic heterocycles. The highest BCUT2D eigenvalue weighted by Gasteiger charge is 2.15. The Labute approximate surface area is 180 Å². The van der Waals surface area contributed by atoms with Crippen LogP contribution in [-0.4, -0.2) is 25.7 Å². The number of nitrogens with one attached hydrogen (secondary N) is 1. The zero-order valence-electron chi connectivity index (χ0n) is 17.1. The van der Waals surface area contributed by atoms with E-state index in [4.69, 9.17) is 9.26 Å². The van der Waals surface area contributed by atoms with Crippen LogP contribution in [0.25, 0.3) is 11.4 Å². The highest BCUT2D eigenvalue weighted by molar-refractivity contribution is 7.92. The molecule has 0 fully saturated rings. The van der Waals surface area contributed by atoms with Gasteiger partial charge >= 0.3 is 0 Å². The topological polar surface area (TPSA) is 94.3 Å². The highest BCUT2D eigenvalue weighted by atomic mass is 32.2. The third-order valence-electron chi connectivity index (χ3n) is 4.71. The first-order valence-electron chi connectivity index (χ1n) is 9.58. The lowest BCUT2D eigenvalue weighted by Gasteiger charge is -2.08. The first-order valence-corrected chi connectivity index (χ1v) is 11.1. The van der Waals surface area contributed by atoms with Gasteiger partial charge in [0.1, 0.15) is 5.75 Å². The molecule has 0 amide bonds. The number of ether oxygens (including phenoxy) is 1. The number of anilines is 1. The fourth-order valence-electron chi connectivity index (χ4n) is 2.98. The molecule has 1 N–H and O–H groups in total. The molecule has 158 valence electrons. The van der Waals surface area contributed by atoms with Gasteiger partial charge in [0.25, 0.3) is 10.0 Å². The van der Waals surface area contributed by atoms with Crippen LogP contribution in [-0.2, 0) is 16.4 Å². The van der Waals surface area contributed by atoms with E-state index >= 15 is 0 Å². The van der Waals surface area contributed by atoms with Crippen molar-refractivity contribution >= 4 is 15.7 Å². The summed E-state index contributed by atoms with van der Waals surface area (Å²) in [5.41, 5.74) is 3.20. The monoisotopic (exact) mass is 435 g/mol. The molecule has 0 radical (unpaired) electrons. The maximum Gasteiger partial charge on any atom is 0.261 e. The molecular weight excluding hydrogens is 414 g/mol. The third-order valence-corrected chi connectivity index (χ3v) is 6.11. The van der Waals surface area contributed by atoms with Gasteiger partial charge in [-0.2, -0.15) is 4.98 Å². The molecule has 4 rings (SSSR count). The smallest absolute Gasteiger partial charge is 0.261 e. The lowest BCUT2D eigenvalue weighted by Crippen LogP contribution is -2.12. The maximum atomic E-state index is 12.5. The average molecular weight is 436 g/mol. The van der Waals surface area contributed by atoms with Crippen molar-refractivity contribution in [2.24, 2.45) is 0 Å². The van der Waals surface area contributed by atoms with Crippen molar-refractivity contribution in [3.8, 4) is 17.1 Å². The van der Waals surface area contributed by atoms with E-state index in [2.05, 4.69) is 14.9 Å². The minimum Gasteiger partial charge on any atom is -0.497 e. The Morgan fingerprint density at radius 2 is 1.61 bits per heavy atom. The van der Waals surface area contributed by atoms with Crippen LogP contribution >= 0.6 is 0 Å². The molecule has 0 spiro atoms. The first kappa shape index (κ1) is 20.6. The van der Waals surface area contributed by atoms with Crippen molar-refractivity contribution < 1.29 is 17.7 Å². The Hall–Kier alpha value is -3.65. The molecule has 1 heterocycles. The van der Waals surface area contributed by atoms with Crippen LogP contribution in [0.1, 0.15) is 17.0 Å². The van der Waals surface area contributed by atoms with Crippen LogP contribution in [0.2, 0.25) is 0 Å². The molecule has 8 heteroatoms. The van der Waals surface area contributed by atoms with E-state index in [1.807, 2.05) is 31.2 Å². The summed E-state index contributed by atoms with van der Waals surface area (Å²) in [6, 6.07) is 21.1. The number of benzene rings is 3. The van der Waals surface area contributed by atoms with Crippen molar-refractivity contribution in [2.75, 3.05) is 11.8 Å². The minimum absolute atomic E-state index is 0.212. The molecule has 3 aromatic carbocycles. The number of hydrogen-bond donors (Lipinski definition) is 1. The van der Waals surface area contributed by atoms with Gasteiger partial charge in [-0.3, -0.25) is 4.72 Å². The van der Waals surface area contributed by atoms with Crippen LogP contribution in [0.4, 0.5) is 5.69 Å². The maximum absolute atomic E-state index is 12.5. The average Bonchev–Trinajstić information content (AvgIpc) is 3.23. The van der Waals surface area contributed by atoms with Gasteiger partial charge < -0.3 is 9.26 Å². The molecule has 0 unspecified atom stereocenters. The Kier molecular flexibility index (Phi) is 5.73. The second-order valence-electron chi connectivity index (χ2n) is 7.03. The van der Waals surface area contributed by atoms with Crippen LogP contribution in [0.15, 0.2) is 82.2 Å². The quantitative estimate of drug-likeness (QED) is 0.461. The van der Waals surface area contributed by atoms with E-state index in [1.54, 1.807) is 55.6 Å². The van der Waals surface area contributed by atoms with E-state index in [9.17, 15) is 8.42 Å². The van der Waals surface area contributed by atoms with Crippen molar-refractivity contribution in [2.45, 2.75) is 18.2 Å². The molecule has 31 heavy (non-hydrogen) atoms. The second-order valence-corrected chi connectivity index (χ2v) is 8.71. The number of hydrogen-bond acceptors (Lipinski definition) is 6. The number of nitrogens with zero attached hydrogens (tertiary/aromatic N) is 2. The summed E-state index contributed by atoms with van der Waals surface area (Å²) < 4.78 is 38.1. The van der Waals surface area contributed by atoms with Crippen molar-refractivity contribution in [1.29, 1.82) is 0 Å². The highest BCUT2D eigenvalue weighted by Crippen LogP contribution is 2.22. The zero-order valence-corrected chi connectivity index (χ0v) is 17.9. The van der Waals surface area contributed by atoms with Crippen LogP contribution < -0.4 is 9.46 Å². The first-order chi connectivity index (χ1) is 14.9. The summed E-state index contributed by atoms with van der Waals surface area (Å²) in [5, 5.41) is 4.03. The van der Waals surface area contributed by atoms with E-state index < -0.39 is 10.0 Å². The Bertz CT molecular complexity index is 1260. The van der Waals surface area contributed by atoms with Gasteiger partial charge in [0.2, 0.25) is 11.7 Å². The summed E-state index contributed by atoms with van der Waals surface area (Å²) >= 11 is 0. The summed E-state index contributed by atoms with van der Waals surface area (Å²) in [6.07, 6.45) is 0.505. The van der Waals surface area contributed by atoms with Gasteiger partial charge in [-0.25, -0.2) is 8.42 Å². The lowest BCUT2D eigenvalue weighted by molar-refractivity contribution is 0.385. The SMILES string of the molecule is COc1ccc(Cc2nc(-c3ccc(NS(=O)(=O)c4ccc(C)cc4)cc3)no2)cc1. The molecule has 4 aromatic rings. The van der Waals surface area contributed by atoms with Gasteiger partial charge in [-0.1, -0.05) is 35.0 Å². The molecule has 0 aliphatic rings. The number of sulfonamides is 1. The van der Waals surface area contributed by atoms with Gasteiger partial charge in [-0.05, 0) is 61.0 Å². The predicted molar refractivity (Wildman–Crippen MR) is 118 cm³/mol. The van der Waals surface area contributed by atoms with Crippen molar-refractivity contribution in [3.05, 3.63) is 89.8 Å². The predicted octanol–water partition coefficient (Wildman–Crippen LogP) is 4.45. The van der Waals surface area contributed by atoms with Gasteiger partial charge in [-0.15, -0.1) is 0 Å². The second kappa shape index (κ2) is 8.61. The van der Waals surface area contributed by atoms with Crippen molar-refractivity contribution in [3.63, 3.8) is 0 Å². The number of rotatable bonds is 7. The largest absolute Gasteiger partial charge is 0.497 e. The standard InChI is InChI=1S/C23H21N3O4S/c1-16-3-13-21(14-4-16)31(27,28)26-19-9-7-18(8-10-19)23-24-22(30-25-23)15-17-5-11-20(29-2)12-6-17/h3-14,26H,15H2,1-2H3. The van der Waals surface area contributed by atoms with Gasteiger partial charge in [0.15, 0.2) is 0 Å². The Morgan fingerprint density at radius 1 is 0.935 bits per heavy atom. The van der Waals surface area contributed by atoms with E-state index in [0.29, 0.717) is 23.8 Å². The molecule has 0 saturated heterocycles. The molecule has 7 nitrogen and oxygen atoms in total. The Balaban J connectivity index is 1.45. The van der Waals surface area contributed by atoms with Crippen LogP contribution in [0, 0.1) is 6.92 Å². The number of aryl methyl sites for hydroxylation is 1. The summed E-state index contributed by atoms with van der Waals surface area (Å²) in [6.45, 7) is 1.91. The fourth-order valence-corrected chi connectivity index (χ4v) is 4.04. The molecular formula is C23H21N3O4S. The molecule has 0 aliphatic carbocycles. The summed E-state index contributed by atoms with van der Waals surface area (Å²) in [4.78, 5) is 4.64. The lowest BCUT2D eigenvalue weighted by atomic mass is 10.1. The molecule has 0 atom stereocenters.